The molecule has 13 nitrogen and oxygen atoms in total. The third-order valence-electron chi connectivity index (χ3n) is 8.95. The summed E-state index contributed by atoms with van der Waals surface area (Å²) in [5.41, 5.74) is 4.23. The Morgan fingerprint density at radius 2 is 0.769 bits per heavy atom. The number of hydrogen-bond acceptors (Lipinski definition) is 10. The van der Waals surface area contributed by atoms with Crippen LogP contribution >= 0.6 is 0 Å². The van der Waals surface area contributed by atoms with Gasteiger partial charge in [-0.2, -0.15) is 30.3 Å². The van der Waals surface area contributed by atoms with Crippen LogP contribution in [0, 0.1) is 17.8 Å². The number of para-hydroxylation sites is 3. The van der Waals surface area contributed by atoms with E-state index in [2.05, 4.69) is 35.2 Å². The van der Waals surface area contributed by atoms with Gasteiger partial charge in [0.05, 0.1) is 53.8 Å². The van der Waals surface area contributed by atoms with Gasteiger partial charge in [-0.1, -0.05) is 54.6 Å². The summed E-state index contributed by atoms with van der Waals surface area (Å²) in [5, 5.41) is 17.7. The van der Waals surface area contributed by atoms with Crippen molar-refractivity contribution in [3.8, 4) is 0 Å². The lowest BCUT2D eigenvalue weighted by molar-refractivity contribution is -0.119. The summed E-state index contributed by atoms with van der Waals surface area (Å²) in [6.07, 6.45) is 5.03. The first-order valence-electron chi connectivity index (χ1n) is 17.4. The Bertz CT molecular complexity index is 1700. The maximum absolute atomic E-state index is 13.1. The van der Waals surface area contributed by atoms with Gasteiger partial charge in [0.1, 0.15) is 17.8 Å². The van der Waals surface area contributed by atoms with Gasteiger partial charge in [-0.05, 0) is 57.2 Å². The third-order valence-corrected chi connectivity index (χ3v) is 8.95. The van der Waals surface area contributed by atoms with Crippen LogP contribution in [-0.4, -0.2) is 97.7 Å². The van der Waals surface area contributed by atoms with E-state index in [4.69, 9.17) is 0 Å². The molecule has 52 heavy (non-hydrogen) atoms. The summed E-state index contributed by atoms with van der Waals surface area (Å²) < 4.78 is 0. The summed E-state index contributed by atoms with van der Waals surface area (Å²) in [5.74, 6) is -1.95. The number of amides is 3. The van der Waals surface area contributed by atoms with Crippen molar-refractivity contribution in [2.75, 3.05) is 54.3 Å². The minimum atomic E-state index is -0.517. The van der Waals surface area contributed by atoms with Crippen molar-refractivity contribution in [2.45, 2.75) is 20.8 Å². The Kier molecular flexibility index (Phi) is 11.6. The van der Waals surface area contributed by atoms with Crippen molar-refractivity contribution in [3.05, 3.63) is 91.0 Å². The second kappa shape index (κ2) is 16.8. The number of rotatable bonds is 15. The van der Waals surface area contributed by atoms with Crippen LogP contribution in [-0.2, 0) is 14.4 Å². The monoisotopic (exact) mass is 698 g/mol. The van der Waals surface area contributed by atoms with Crippen LogP contribution in [0.15, 0.2) is 121 Å². The molecule has 0 saturated carbocycles. The summed E-state index contributed by atoms with van der Waals surface area (Å²) in [4.78, 5) is 55.4. The first kappa shape index (κ1) is 35.9. The SMILES string of the molecule is CC1=NN(c2ccccc2)C(=O)C1C=NCCN(CCN=CC1C(=O)N(c2ccccc2)N=C1C)CCN=CC1C(=O)N(c2ccccc2)N=C1C. The molecule has 0 fully saturated rings. The average molecular weight is 699 g/mol. The van der Waals surface area contributed by atoms with E-state index in [1.54, 1.807) is 18.6 Å². The zero-order valence-electron chi connectivity index (χ0n) is 29.6. The number of hydrogen-bond donors (Lipinski definition) is 0. The summed E-state index contributed by atoms with van der Waals surface area (Å²) in [6, 6.07) is 28.0. The molecule has 3 aliphatic rings. The molecule has 3 aliphatic heterocycles. The summed E-state index contributed by atoms with van der Waals surface area (Å²) >= 11 is 0. The zero-order chi connectivity index (χ0) is 36.5. The fraction of sp³-hybridized carbons (Fsp3) is 0.308. The molecule has 3 amide bonds. The maximum atomic E-state index is 13.1. The lowest BCUT2D eigenvalue weighted by atomic mass is 10.1. The van der Waals surface area contributed by atoms with Gasteiger partial charge in [0, 0.05) is 38.3 Å². The van der Waals surface area contributed by atoms with Crippen molar-refractivity contribution in [1.29, 1.82) is 0 Å². The maximum Gasteiger partial charge on any atom is 0.261 e. The van der Waals surface area contributed by atoms with Gasteiger partial charge in [0.25, 0.3) is 17.7 Å². The van der Waals surface area contributed by atoms with Crippen molar-refractivity contribution < 1.29 is 14.4 Å². The first-order valence-corrected chi connectivity index (χ1v) is 17.4. The van der Waals surface area contributed by atoms with Gasteiger partial charge in [0.2, 0.25) is 0 Å². The highest BCUT2D eigenvalue weighted by molar-refractivity contribution is 6.25. The topological polar surface area (TPSA) is 138 Å². The predicted molar refractivity (Wildman–Crippen MR) is 208 cm³/mol. The number of anilines is 3. The fourth-order valence-corrected chi connectivity index (χ4v) is 5.99. The first-order chi connectivity index (χ1) is 25.3. The van der Waals surface area contributed by atoms with Gasteiger partial charge < -0.3 is 0 Å². The average Bonchev–Trinajstić information content (AvgIpc) is 3.74. The van der Waals surface area contributed by atoms with E-state index in [9.17, 15) is 14.4 Å². The Hall–Kier alpha value is -5.95. The normalized spacial score (nSPS) is 20.8. The van der Waals surface area contributed by atoms with Crippen molar-refractivity contribution >= 4 is 70.6 Å². The van der Waals surface area contributed by atoms with Crippen LogP contribution in [0.4, 0.5) is 17.1 Å². The molecule has 13 heteroatoms. The second-order valence-electron chi connectivity index (χ2n) is 12.6. The fourth-order valence-electron chi connectivity index (χ4n) is 5.99. The lowest BCUT2D eigenvalue weighted by Gasteiger charge is -2.19. The molecule has 0 spiro atoms. The molecule has 3 atom stereocenters. The van der Waals surface area contributed by atoms with Crippen LogP contribution in [0.2, 0.25) is 0 Å². The summed E-state index contributed by atoms with van der Waals surface area (Å²) in [6.45, 7) is 8.64. The van der Waals surface area contributed by atoms with Gasteiger partial charge in [-0.15, -0.1) is 0 Å². The van der Waals surface area contributed by atoms with E-state index in [0.29, 0.717) is 56.4 Å². The Morgan fingerprint density at radius 3 is 1.04 bits per heavy atom. The third kappa shape index (κ3) is 8.32. The second-order valence-corrected chi connectivity index (χ2v) is 12.6. The Morgan fingerprint density at radius 1 is 0.500 bits per heavy atom. The molecule has 0 saturated heterocycles. The molecule has 0 aliphatic carbocycles. The van der Waals surface area contributed by atoms with Crippen molar-refractivity contribution in [1.82, 2.24) is 4.90 Å². The van der Waals surface area contributed by atoms with Crippen molar-refractivity contribution in [3.63, 3.8) is 0 Å². The van der Waals surface area contributed by atoms with Gasteiger partial charge in [-0.25, -0.2) is 0 Å². The standard InChI is InChI=1S/C39H42N10O3/c1-28-34(37(50)47(43-28)31-13-7-4-8-14-31)25-40-19-22-46(23-20-41-26-35-29(2)44-48(38(35)51)32-15-9-5-10-16-32)24-21-42-27-36-30(3)45-49(39(36)52)33-17-11-6-12-18-33/h4-18,25-27,34-36H,19-24H2,1-3H3. The molecule has 0 aromatic heterocycles. The van der Waals surface area contributed by atoms with E-state index in [0.717, 1.165) is 17.1 Å². The molecular formula is C39H42N10O3. The van der Waals surface area contributed by atoms with Crippen LogP contribution < -0.4 is 15.0 Å². The van der Waals surface area contributed by atoms with Gasteiger partial charge in [-0.3, -0.25) is 34.3 Å². The van der Waals surface area contributed by atoms with Crippen LogP contribution in [0.25, 0.3) is 0 Å². The Balaban J connectivity index is 1.05. The number of nitrogens with zero attached hydrogens (tertiary/aromatic N) is 10. The van der Waals surface area contributed by atoms with Crippen LogP contribution in [0.5, 0.6) is 0 Å². The molecular weight excluding hydrogens is 656 g/mol. The van der Waals surface area contributed by atoms with Gasteiger partial charge >= 0.3 is 0 Å². The number of hydrazone groups is 3. The van der Waals surface area contributed by atoms with Crippen molar-refractivity contribution in [2.24, 2.45) is 48.0 Å². The predicted octanol–water partition coefficient (Wildman–Crippen LogP) is 4.62. The van der Waals surface area contributed by atoms with E-state index >= 15 is 0 Å². The number of carbonyl (C=O) groups is 3. The molecule has 3 heterocycles. The van der Waals surface area contributed by atoms with Gasteiger partial charge in [0.15, 0.2) is 0 Å². The van der Waals surface area contributed by atoms with E-state index in [-0.39, 0.29) is 17.7 Å². The highest BCUT2D eigenvalue weighted by Crippen LogP contribution is 2.25. The molecule has 0 N–H and O–H groups in total. The Labute approximate surface area is 303 Å². The minimum Gasteiger partial charge on any atom is -0.298 e. The zero-order valence-corrected chi connectivity index (χ0v) is 29.6. The molecule has 6 rings (SSSR count). The minimum absolute atomic E-state index is 0.134. The molecule has 0 radical (unpaired) electrons. The molecule has 0 bridgehead atoms. The quantitative estimate of drug-likeness (QED) is 0.214. The molecule has 3 unspecified atom stereocenters. The number of carbonyl (C=O) groups excluding carboxylic acids is 3. The van der Waals surface area contributed by atoms with E-state index in [1.165, 1.54) is 15.0 Å². The largest absolute Gasteiger partial charge is 0.298 e. The molecule has 266 valence electrons. The highest BCUT2D eigenvalue weighted by Gasteiger charge is 2.35. The van der Waals surface area contributed by atoms with Crippen LogP contribution in [0.3, 0.4) is 0 Å². The number of benzene rings is 3. The van der Waals surface area contributed by atoms with Crippen LogP contribution in [0.1, 0.15) is 20.8 Å². The number of aliphatic imine (C=N–C) groups is 3. The lowest BCUT2D eigenvalue weighted by Crippen LogP contribution is -2.33. The summed E-state index contributed by atoms with van der Waals surface area (Å²) in [7, 11) is 0. The van der Waals surface area contributed by atoms with E-state index < -0.39 is 17.8 Å². The van der Waals surface area contributed by atoms with E-state index in [1.807, 2.05) is 112 Å². The molecule has 3 aromatic carbocycles. The molecule has 3 aromatic rings. The highest BCUT2D eigenvalue weighted by atomic mass is 16.2. The smallest absolute Gasteiger partial charge is 0.261 e.